The van der Waals surface area contributed by atoms with Crippen molar-refractivity contribution in [1.82, 2.24) is 10.3 Å². The Morgan fingerprint density at radius 2 is 2.19 bits per heavy atom. The van der Waals surface area contributed by atoms with Crippen LogP contribution in [0.5, 0.6) is 0 Å². The summed E-state index contributed by atoms with van der Waals surface area (Å²) >= 11 is 0. The van der Waals surface area contributed by atoms with Crippen molar-refractivity contribution in [2.24, 2.45) is 16.7 Å². The lowest BCUT2D eigenvalue weighted by Crippen LogP contribution is -2.44. The smallest absolute Gasteiger partial charge is 0.354 e. The maximum Gasteiger partial charge on any atom is 0.354 e. The summed E-state index contributed by atoms with van der Waals surface area (Å²) in [6, 6.07) is 4.31. The molecule has 3 unspecified atom stereocenters. The number of aromatic amines is 1. The molecule has 2 fully saturated rings. The van der Waals surface area contributed by atoms with Gasteiger partial charge in [0.1, 0.15) is 5.69 Å². The molecule has 1 aromatic heterocycles. The Morgan fingerprint density at radius 1 is 1.43 bits per heavy atom. The minimum Gasteiger partial charge on any atom is -0.464 e. The fourth-order valence-corrected chi connectivity index (χ4v) is 4.52. The predicted molar refractivity (Wildman–Crippen MR) is 82.0 cm³/mol. The van der Waals surface area contributed by atoms with E-state index in [4.69, 9.17) is 4.74 Å². The Hall–Kier alpha value is -1.29. The van der Waals surface area contributed by atoms with Crippen molar-refractivity contribution in [3.8, 4) is 0 Å². The van der Waals surface area contributed by atoms with Gasteiger partial charge >= 0.3 is 5.97 Å². The van der Waals surface area contributed by atoms with Crippen molar-refractivity contribution in [2.75, 3.05) is 7.11 Å². The first kappa shape index (κ1) is 14.6. The van der Waals surface area contributed by atoms with Crippen LogP contribution in [0.25, 0.3) is 0 Å². The highest BCUT2D eigenvalue weighted by molar-refractivity contribution is 5.87. The first-order valence-corrected chi connectivity index (χ1v) is 7.88. The average molecular weight is 290 g/mol. The van der Waals surface area contributed by atoms with E-state index in [2.05, 4.69) is 31.1 Å². The van der Waals surface area contributed by atoms with Crippen LogP contribution in [0.3, 0.4) is 0 Å². The van der Waals surface area contributed by atoms with Crippen molar-refractivity contribution < 1.29 is 9.53 Å². The molecule has 4 heteroatoms. The average Bonchev–Trinajstić information content (AvgIpc) is 3.06. The SMILES string of the molecule is COC(=O)c1ccc(CNC2CC3CCC2(C)C3(C)C)[nH]1. The van der Waals surface area contributed by atoms with Crippen LogP contribution in [0.1, 0.15) is 56.2 Å². The molecule has 2 N–H and O–H groups in total. The number of H-pyrrole nitrogens is 1. The van der Waals surface area contributed by atoms with Gasteiger partial charge in [-0.1, -0.05) is 20.8 Å². The summed E-state index contributed by atoms with van der Waals surface area (Å²) < 4.78 is 4.72. The maximum absolute atomic E-state index is 11.5. The zero-order valence-electron chi connectivity index (χ0n) is 13.5. The summed E-state index contributed by atoms with van der Waals surface area (Å²) in [5, 5.41) is 3.71. The second kappa shape index (κ2) is 4.87. The Labute approximate surface area is 126 Å². The van der Waals surface area contributed by atoms with Gasteiger partial charge in [0.25, 0.3) is 0 Å². The Balaban J connectivity index is 1.64. The number of hydrogen-bond donors (Lipinski definition) is 2. The summed E-state index contributed by atoms with van der Waals surface area (Å²) in [5.74, 6) is 0.531. The van der Waals surface area contributed by atoms with Crippen LogP contribution >= 0.6 is 0 Å². The van der Waals surface area contributed by atoms with E-state index < -0.39 is 0 Å². The molecule has 0 aliphatic heterocycles. The highest BCUT2D eigenvalue weighted by Gasteiger charge is 2.60. The third kappa shape index (κ3) is 2.11. The number of carbonyl (C=O) groups excluding carboxylic acids is 1. The molecule has 0 spiro atoms. The van der Waals surface area contributed by atoms with Gasteiger partial charge in [0, 0.05) is 18.3 Å². The largest absolute Gasteiger partial charge is 0.464 e. The Kier molecular flexibility index (Phi) is 3.40. The molecule has 2 aliphatic carbocycles. The van der Waals surface area contributed by atoms with Crippen LogP contribution in [0.4, 0.5) is 0 Å². The van der Waals surface area contributed by atoms with Crippen LogP contribution in [0, 0.1) is 16.7 Å². The molecule has 116 valence electrons. The lowest BCUT2D eigenvalue weighted by Gasteiger charge is -2.39. The zero-order valence-corrected chi connectivity index (χ0v) is 13.5. The number of aromatic nitrogens is 1. The standard InChI is InChI=1S/C17H26N2O2/c1-16(2)11-7-8-17(16,3)14(9-11)18-10-12-5-6-13(19-12)15(20)21-4/h5-6,11,14,18-19H,7-10H2,1-4H3. The Bertz CT molecular complexity index is 549. The molecular formula is C17H26N2O2. The molecule has 1 heterocycles. The lowest BCUT2D eigenvalue weighted by molar-refractivity contribution is 0.0594. The monoisotopic (exact) mass is 290 g/mol. The third-order valence-electron chi connectivity index (χ3n) is 6.48. The highest BCUT2D eigenvalue weighted by atomic mass is 16.5. The second-order valence-corrected chi connectivity index (χ2v) is 7.43. The van der Waals surface area contributed by atoms with E-state index in [1.54, 1.807) is 6.07 Å². The number of nitrogens with one attached hydrogen (secondary N) is 2. The van der Waals surface area contributed by atoms with Crippen molar-refractivity contribution in [3.05, 3.63) is 23.5 Å². The van der Waals surface area contributed by atoms with E-state index in [-0.39, 0.29) is 5.97 Å². The van der Waals surface area contributed by atoms with Gasteiger partial charge in [0.2, 0.25) is 0 Å². The molecule has 0 aromatic carbocycles. The maximum atomic E-state index is 11.5. The van der Waals surface area contributed by atoms with Crippen LogP contribution in [0.2, 0.25) is 0 Å². The Morgan fingerprint density at radius 3 is 2.76 bits per heavy atom. The van der Waals surface area contributed by atoms with E-state index in [0.29, 0.717) is 22.6 Å². The van der Waals surface area contributed by atoms with E-state index in [0.717, 1.165) is 18.2 Å². The molecule has 1 aromatic rings. The minimum absolute atomic E-state index is 0.311. The highest BCUT2D eigenvalue weighted by Crippen LogP contribution is 2.65. The van der Waals surface area contributed by atoms with E-state index in [9.17, 15) is 4.79 Å². The summed E-state index contributed by atoms with van der Waals surface area (Å²) in [6.45, 7) is 8.07. The van der Waals surface area contributed by atoms with E-state index in [1.807, 2.05) is 6.07 Å². The molecule has 4 nitrogen and oxygen atoms in total. The number of rotatable bonds is 4. The number of hydrogen-bond acceptors (Lipinski definition) is 3. The van der Waals surface area contributed by atoms with Gasteiger partial charge in [-0.2, -0.15) is 0 Å². The van der Waals surface area contributed by atoms with Crippen molar-refractivity contribution in [3.63, 3.8) is 0 Å². The molecule has 3 atom stereocenters. The molecule has 0 saturated heterocycles. The van der Waals surface area contributed by atoms with Crippen LogP contribution in [-0.4, -0.2) is 24.1 Å². The van der Waals surface area contributed by atoms with Gasteiger partial charge in [-0.05, 0) is 48.1 Å². The minimum atomic E-state index is -0.311. The number of ether oxygens (including phenoxy) is 1. The summed E-state index contributed by atoms with van der Waals surface area (Å²) in [5.41, 5.74) is 2.38. The molecule has 21 heavy (non-hydrogen) atoms. The fraction of sp³-hybridized carbons (Fsp3) is 0.706. The predicted octanol–water partition coefficient (Wildman–Crippen LogP) is 3.11. The van der Waals surface area contributed by atoms with Crippen LogP contribution < -0.4 is 5.32 Å². The van der Waals surface area contributed by atoms with Crippen LogP contribution in [0.15, 0.2) is 12.1 Å². The van der Waals surface area contributed by atoms with E-state index in [1.165, 1.54) is 26.4 Å². The summed E-state index contributed by atoms with van der Waals surface area (Å²) in [4.78, 5) is 14.6. The first-order valence-electron chi connectivity index (χ1n) is 7.88. The zero-order chi connectivity index (χ0) is 15.3. The molecule has 3 rings (SSSR count). The number of fused-ring (bicyclic) bond motifs is 2. The number of methoxy groups -OCH3 is 1. The van der Waals surface area contributed by atoms with Gasteiger partial charge in [0.05, 0.1) is 7.11 Å². The molecule has 2 aliphatic rings. The molecular weight excluding hydrogens is 264 g/mol. The molecule has 0 radical (unpaired) electrons. The van der Waals surface area contributed by atoms with Crippen LogP contribution in [-0.2, 0) is 11.3 Å². The topological polar surface area (TPSA) is 54.1 Å². The van der Waals surface area contributed by atoms with Gasteiger partial charge in [-0.25, -0.2) is 4.79 Å². The summed E-state index contributed by atoms with van der Waals surface area (Å²) in [6.07, 6.45) is 3.96. The van der Waals surface area contributed by atoms with Gasteiger partial charge < -0.3 is 15.0 Å². The first-order chi connectivity index (χ1) is 9.88. The number of carbonyl (C=O) groups is 1. The molecule has 2 bridgehead atoms. The van der Waals surface area contributed by atoms with Gasteiger partial charge in [0.15, 0.2) is 0 Å². The van der Waals surface area contributed by atoms with E-state index >= 15 is 0 Å². The van der Waals surface area contributed by atoms with Crippen molar-refractivity contribution >= 4 is 5.97 Å². The normalized spacial score (nSPS) is 33.3. The van der Waals surface area contributed by atoms with Crippen molar-refractivity contribution in [2.45, 2.75) is 52.6 Å². The fourth-order valence-electron chi connectivity index (χ4n) is 4.52. The third-order valence-corrected chi connectivity index (χ3v) is 6.48. The van der Waals surface area contributed by atoms with Gasteiger partial charge in [-0.3, -0.25) is 0 Å². The van der Waals surface area contributed by atoms with Crippen molar-refractivity contribution in [1.29, 1.82) is 0 Å². The molecule has 2 saturated carbocycles. The number of esters is 1. The lowest BCUT2D eigenvalue weighted by atomic mass is 9.69. The van der Waals surface area contributed by atoms with Gasteiger partial charge in [-0.15, -0.1) is 0 Å². The quantitative estimate of drug-likeness (QED) is 0.838. The molecule has 0 amide bonds. The second-order valence-electron chi connectivity index (χ2n) is 7.43. The summed E-state index contributed by atoms with van der Waals surface area (Å²) in [7, 11) is 1.40.